The first-order chi connectivity index (χ1) is 10.3. The zero-order valence-electron chi connectivity index (χ0n) is 14.0. The van der Waals surface area contributed by atoms with Crippen LogP contribution in [0.2, 0.25) is 0 Å². The third kappa shape index (κ3) is 9.31. The van der Waals surface area contributed by atoms with E-state index in [-0.39, 0.29) is 13.2 Å². The van der Waals surface area contributed by atoms with Crippen molar-refractivity contribution in [1.29, 1.82) is 0 Å². The number of hydrogen-bond donors (Lipinski definition) is 1. The molecule has 0 aliphatic carbocycles. The average molecular weight is 326 g/mol. The van der Waals surface area contributed by atoms with E-state index in [2.05, 4.69) is 17.1 Å². The summed E-state index contributed by atoms with van der Waals surface area (Å²) in [6.45, 7) is 13.6. The van der Waals surface area contributed by atoms with Crippen molar-refractivity contribution in [3.05, 3.63) is 35.6 Å². The second-order valence-electron chi connectivity index (χ2n) is 6.19. The summed E-state index contributed by atoms with van der Waals surface area (Å²) in [5, 5.41) is 3.31. The summed E-state index contributed by atoms with van der Waals surface area (Å²) in [6.07, 6.45) is 0. The minimum atomic E-state index is -0.522. The van der Waals surface area contributed by atoms with Crippen LogP contribution in [0.1, 0.15) is 45.5 Å². The van der Waals surface area contributed by atoms with Gasteiger partial charge in [-0.05, 0) is 51.6 Å². The molecule has 0 atom stereocenters. The van der Waals surface area contributed by atoms with Crippen LogP contribution < -0.4 is 5.32 Å². The number of nitrogens with one attached hydrogen (secondary N) is 1. The topological polar surface area (TPSA) is 41.6 Å². The predicted molar refractivity (Wildman–Crippen MR) is 93.3 cm³/mol. The van der Waals surface area contributed by atoms with Crippen molar-refractivity contribution < 1.29 is 13.9 Å². The molecule has 5 heteroatoms. The number of carbonyl (C=O) groups excluding carboxylic acids is 1. The van der Waals surface area contributed by atoms with Gasteiger partial charge in [-0.2, -0.15) is 0 Å². The maximum atomic E-state index is 12.5. The van der Waals surface area contributed by atoms with Crippen molar-refractivity contribution in [2.24, 2.45) is 0 Å². The number of likely N-dealkylation sites (N-methyl/N-ethyl adjacent to an activating group) is 1. The van der Waals surface area contributed by atoms with Gasteiger partial charge in [-0.1, -0.05) is 14.4 Å². The van der Waals surface area contributed by atoms with E-state index in [1.54, 1.807) is 20.8 Å². The van der Waals surface area contributed by atoms with E-state index in [1.165, 1.54) is 57.0 Å². The molecule has 0 aromatic heterocycles. The summed E-state index contributed by atoms with van der Waals surface area (Å²) in [5.41, 5.74) is -0.160. The van der Waals surface area contributed by atoms with Gasteiger partial charge in [-0.3, -0.25) is 0 Å². The number of ether oxygens (including phenoxy) is 1. The molecule has 2 rings (SSSR count). The van der Waals surface area contributed by atoms with E-state index in [0.717, 1.165) is 0 Å². The van der Waals surface area contributed by atoms with Crippen LogP contribution >= 0.6 is 0 Å². The van der Waals surface area contributed by atoms with Crippen LogP contribution in [0.15, 0.2) is 24.3 Å². The number of carbonyl (C=O) groups is 1. The SMILES string of the molecule is C.CC(C)(C)OC(=O)c1ccc(F)cc1.CCN1CCNCC1. The molecule has 1 aromatic rings. The normalized spacial score (nSPS) is 15.0. The Morgan fingerprint density at radius 1 is 1.22 bits per heavy atom. The summed E-state index contributed by atoms with van der Waals surface area (Å²) in [7, 11) is 0. The summed E-state index contributed by atoms with van der Waals surface area (Å²) < 4.78 is 17.6. The fraction of sp³-hybridized carbons (Fsp3) is 0.611. The highest BCUT2D eigenvalue weighted by molar-refractivity contribution is 5.89. The third-order valence-corrected chi connectivity index (χ3v) is 3.14. The van der Waals surface area contributed by atoms with Gasteiger partial charge in [0.2, 0.25) is 0 Å². The van der Waals surface area contributed by atoms with Crippen LogP contribution in [-0.4, -0.2) is 49.2 Å². The lowest BCUT2D eigenvalue weighted by Gasteiger charge is -2.25. The second kappa shape index (κ2) is 10.3. The minimum absolute atomic E-state index is 0. The maximum absolute atomic E-state index is 12.5. The molecule has 1 saturated heterocycles. The lowest BCUT2D eigenvalue weighted by molar-refractivity contribution is 0.00695. The smallest absolute Gasteiger partial charge is 0.338 e. The molecule has 0 saturated carbocycles. The highest BCUT2D eigenvalue weighted by atomic mass is 19.1. The molecule has 1 aliphatic rings. The first-order valence-electron chi connectivity index (χ1n) is 7.74. The van der Waals surface area contributed by atoms with Crippen LogP contribution in [0.3, 0.4) is 0 Å². The first-order valence-corrected chi connectivity index (χ1v) is 7.74. The van der Waals surface area contributed by atoms with Crippen LogP contribution in [0, 0.1) is 5.82 Å². The van der Waals surface area contributed by atoms with E-state index < -0.39 is 11.6 Å². The molecule has 1 heterocycles. The first kappa shape index (κ1) is 21.5. The standard InChI is InChI=1S/C11H13FO2.C6H14N2.CH4/c1-11(2,3)14-10(13)8-4-6-9(12)7-5-8;1-2-8-5-3-7-4-6-8;/h4-7H,1-3H3;7H,2-6H2,1H3;1H4. The van der Waals surface area contributed by atoms with Gasteiger partial charge in [0, 0.05) is 26.2 Å². The summed E-state index contributed by atoms with van der Waals surface area (Å²) in [4.78, 5) is 13.9. The van der Waals surface area contributed by atoms with Crippen LogP contribution in [-0.2, 0) is 4.74 Å². The third-order valence-electron chi connectivity index (χ3n) is 3.14. The molecule has 1 fully saturated rings. The van der Waals surface area contributed by atoms with Crippen molar-refractivity contribution >= 4 is 5.97 Å². The maximum Gasteiger partial charge on any atom is 0.338 e. The molecule has 1 N–H and O–H groups in total. The van der Waals surface area contributed by atoms with Gasteiger partial charge < -0.3 is 15.0 Å². The largest absolute Gasteiger partial charge is 0.456 e. The van der Waals surface area contributed by atoms with E-state index >= 15 is 0 Å². The molecule has 0 spiro atoms. The number of hydrogen-bond acceptors (Lipinski definition) is 4. The van der Waals surface area contributed by atoms with Gasteiger partial charge in [0.05, 0.1) is 5.56 Å². The Balaban J connectivity index is 0.000000460. The summed E-state index contributed by atoms with van der Waals surface area (Å²) in [6, 6.07) is 5.28. The molecule has 132 valence electrons. The number of benzene rings is 1. The highest BCUT2D eigenvalue weighted by Crippen LogP contribution is 2.12. The lowest BCUT2D eigenvalue weighted by Crippen LogP contribution is -2.43. The molecular weight excluding hydrogens is 295 g/mol. The predicted octanol–water partition coefficient (Wildman–Crippen LogP) is 3.33. The Bertz CT molecular complexity index is 449. The summed E-state index contributed by atoms with van der Waals surface area (Å²) >= 11 is 0. The molecule has 1 aliphatic heterocycles. The highest BCUT2D eigenvalue weighted by Gasteiger charge is 2.17. The Hall–Kier alpha value is -1.46. The number of halogens is 1. The summed E-state index contributed by atoms with van der Waals surface area (Å²) in [5.74, 6) is -0.796. The van der Waals surface area contributed by atoms with Crippen molar-refractivity contribution in [2.75, 3.05) is 32.7 Å². The Kier molecular flexibility index (Phi) is 9.68. The van der Waals surface area contributed by atoms with Gasteiger partial charge in [0.1, 0.15) is 11.4 Å². The minimum Gasteiger partial charge on any atom is -0.456 e. The fourth-order valence-electron chi connectivity index (χ4n) is 1.95. The molecule has 4 nitrogen and oxygen atoms in total. The molecular formula is C18H31FN2O2. The average Bonchev–Trinajstić information content (AvgIpc) is 2.47. The molecule has 0 bridgehead atoms. The number of esters is 1. The van der Waals surface area contributed by atoms with Crippen LogP contribution in [0.25, 0.3) is 0 Å². The zero-order valence-corrected chi connectivity index (χ0v) is 14.0. The monoisotopic (exact) mass is 326 g/mol. The number of nitrogens with zero attached hydrogens (tertiary/aromatic N) is 1. The number of piperazine rings is 1. The Morgan fingerprint density at radius 2 is 1.74 bits per heavy atom. The van der Waals surface area contributed by atoms with Gasteiger partial charge in [-0.25, -0.2) is 9.18 Å². The van der Waals surface area contributed by atoms with E-state index in [0.29, 0.717) is 5.56 Å². The molecule has 0 amide bonds. The van der Waals surface area contributed by atoms with E-state index in [1.807, 2.05) is 0 Å². The second-order valence-corrected chi connectivity index (χ2v) is 6.19. The van der Waals surface area contributed by atoms with Gasteiger partial charge in [0.25, 0.3) is 0 Å². The van der Waals surface area contributed by atoms with Crippen LogP contribution in [0.5, 0.6) is 0 Å². The Morgan fingerprint density at radius 3 is 2.13 bits per heavy atom. The van der Waals surface area contributed by atoms with E-state index in [9.17, 15) is 9.18 Å². The van der Waals surface area contributed by atoms with Crippen molar-refractivity contribution in [2.45, 2.75) is 40.7 Å². The van der Waals surface area contributed by atoms with Gasteiger partial charge in [0.15, 0.2) is 0 Å². The van der Waals surface area contributed by atoms with Crippen molar-refractivity contribution in [3.8, 4) is 0 Å². The number of rotatable bonds is 2. The molecule has 23 heavy (non-hydrogen) atoms. The van der Waals surface area contributed by atoms with Gasteiger partial charge in [-0.15, -0.1) is 0 Å². The van der Waals surface area contributed by atoms with E-state index in [4.69, 9.17) is 4.74 Å². The fourth-order valence-corrected chi connectivity index (χ4v) is 1.95. The zero-order chi connectivity index (χ0) is 16.6. The molecule has 1 aromatic carbocycles. The lowest BCUT2D eigenvalue weighted by atomic mass is 10.1. The van der Waals surface area contributed by atoms with Crippen LogP contribution in [0.4, 0.5) is 4.39 Å². The Labute approximate surface area is 140 Å². The quantitative estimate of drug-likeness (QED) is 0.847. The van der Waals surface area contributed by atoms with Crippen molar-refractivity contribution in [1.82, 2.24) is 10.2 Å². The molecule has 0 unspecified atom stereocenters. The molecule has 0 radical (unpaired) electrons. The van der Waals surface area contributed by atoms with Crippen molar-refractivity contribution in [3.63, 3.8) is 0 Å². The van der Waals surface area contributed by atoms with Gasteiger partial charge >= 0.3 is 5.97 Å².